The van der Waals surface area contributed by atoms with Gasteiger partial charge in [0.05, 0.1) is 19.6 Å². The highest BCUT2D eigenvalue weighted by Crippen LogP contribution is 2.38. The second-order valence-electron chi connectivity index (χ2n) is 2.87. The number of para-hydroxylation sites is 1. The van der Waals surface area contributed by atoms with Crippen molar-refractivity contribution in [2.75, 3.05) is 14.2 Å². The maximum atomic E-state index is 5.55. The van der Waals surface area contributed by atoms with Gasteiger partial charge in [-0.2, -0.15) is 4.98 Å². The van der Waals surface area contributed by atoms with Gasteiger partial charge < -0.3 is 14.2 Å². The van der Waals surface area contributed by atoms with Crippen molar-refractivity contribution in [3.05, 3.63) is 29.1 Å². The Morgan fingerprint density at radius 2 is 2.00 bits per heavy atom. The van der Waals surface area contributed by atoms with Gasteiger partial charge in [0, 0.05) is 0 Å². The third-order valence-corrected chi connectivity index (χ3v) is 2.47. The average molecular weight is 236 g/mol. The number of nitrogens with zero attached hydrogens (tertiary/aromatic N) is 1. The zero-order valence-electron chi connectivity index (χ0n) is 8.89. The van der Waals surface area contributed by atoms with E-state index in [1.54, 1.807) is 31.7 Å². The fraction of sp³-hybridized carbons (Fsp3) is 0.182. The predicted octanol–water partition coefficient (Wildman–Crippen LogP) is 2.75. The lowest BCUT2D eigenvalue weighted by molar-refractivity contribution is 0.334. The molecule has 4 nitrogen and oxygen atoms in total. The Morgan fingerprint density at radius 1 is 1.19 bits per heavy atom. The molecule has 0 saturated heterocycles. The van der Waals surface area contributed by atoms with Gasteiger partial charge in [-0.15, -0.1) is 11.3 Å². The van der Waals surface area contributed by atoms with Crippen LogP contribution in [-0.2, 0) is 0 Å². The predicted molar refractivity (Wildman–Crippen MR) is 60.6 cm³/mol. The van der Waals surface area contributed by atoms with Gasteiger partial charge in [0.15, 0.2) is 17.0 Å². The first-order valence-electron chi connectivity index (χ1n) is 4.55. The molecule has 5 heteroatoms. The lowest BCUT2D eigenvalue weighted by atomic mass is 10.3. The van der Waals surface area contributed by atoms with Crippen LogP contribution in [0.25, 0.3) is 0 Å². The summed E-state index contributed by atoms with van der Waals surface area (Å²) in [6, 6.07) is 5.42. The van der Waals surface area contributed by atoms with E-state index in [4.69, 9.17) is 14.2 Å². The molecule has 83 valence electrons. The van der Waals surface area contributed by atoms with E-state index in [0.29, 0.717) is 23.1 Å². The molecule has 1 aromatic carbocycles. The van der Waals surface area contributed by atoms with Crippen LogP contribution in [-0.4, -0.2) is 19.2 Å². The van der Waals surface area contributed by atoms with Crippen molar-refractivity contribution in [1.29, 1.82) is 0 Å². The fourth-order valence-electron chi connectivity index (χ4n) is 1.27. The van der Waals surface area contributed by atoms with Crippen LogP contribution in [0.3, 0.4) is 0 Å². The SMILES string of the molecule is COc1cccc(Oc2cs[c]n2)c1OC. The highest BCUT2D eigenvalue weighted by atomic mass is 32.1. The minimum Gasteiger partial charge on any atom is -0.493 e. The second kappa shape index (κ2) is 4.85. The second-order valence-corrected chi connectivity index (χ2v) is 3.52. The maximum absolute atomic E-state index is 5.55. The van der Waals surface area contributed by atoms with Gasteiger partial charge in [0.2, 0.25) is 11.6 Å². The third kappa shape index (κ3) is 2.09. The van der Waals surface area contributed by atoms with Crippen LogP contribution < -0.4 is 14.2 Å². The van der Waals surface area contributed by atoms with Crippen LogP contribution in [0, 0.1) is 5.51 Å². The molecule has 0 fully saturated rings. The van der Waals surface area contributed by atoms with Gasteiger partial charge in [-0.1, -0.05) is 6.07 Å². The molecule has 0 N–H and O–H groups in total. The van der Waals surface area contributed by atoms with E-state index in [9.17, 15) is 0 Å². The number of thiazole rings is 1. The summed E-state index contributed by atoms with van der Waals surface area (Å²) < 4.78 is 15.9. The fourth-order valence-corrected chi connectivity index (χ4v) is 1.67. The van der Waals surface area contributed by atoms with E-state index >= 15 is 0 Å². The standard InChI is InChI=1S/C11H10NO3S/c1-13-8-4-3-5-9(11(8)14-2)15-10-6-16-7-12-10/h3-6H,1-2H3. The van der Waals surface area contributed by atoms with Crippen molar-refractivity contribution in [3.63, 3.8) is 0 Å². The molecular weight excluding hydrogens is 226 g/mol. The number of aromatic nitrogens is 1. The monoisotopic (exact) mass is 236 g/mol. The molecule has 0 bridgehead atoms. The Hall–Kier alpha value is -1.75. The Morgan fingerprint density at radius 3 is 2.62 bits per heavy atom. The van der Waals surface area contributed by atoms with E-state index < -0.39 is 0 Å². The lowest BCUT2D eigenvalue weighted by Crippen LogP contribution is -1.94. The average Bonchev–Trinajstić information content (AvgIpc) is 2.81. The van der Waals surface area contributed by atoms with Crippen molar-refractivity contribution in [2.24, 2.45) is 0 Å². The molecule has 0 amide bonds. The largest absolute Gasteiger partial charge is 0.493 e. The molecule has 0 spiro atoms. The van der Waals surface area contributed by atoms with Gasteiger partial charge >= 0.3 is 0 Å². The van der Waals surface area contributed by atoms with Gasteiger partial charge in [-0.25, -0.2) is 0 Å². The van der Waals surface area contributed by atoms with Crippen molar-refractivity contribution in [2.45, 2.75) is 0 Å². The molecule has 0 unspecified atom stereocenters. The zero-order chi connectivity index (χ0) is 11.4. The molecule has 0 saturated carbocycles. The minimum atomic E-state index is 0.497. The summed E-state index contributed by atoms with van der Waals surface area (Å²) >= 11 is 1.35. The van der Waals surface area contributed by atoms with Gasteiger partial charge in [-0.3, -0.25) is 0 Å². The Labute approximate surface area is 97.4 Å². The number of benzene rings is 1. The van der Waals surface area contributed by atoms with E-state index in [2.05, 4.69) is 10.5 Å². The van der Waals surface area contributed by atoms with Crippen LogP contribution in [0.1, 0.15) is 0 Å². The molecule has 0 aliphatic heterocycles. The molecule has 0 aliphatic rings. The smallest absolute Gasteiger partial charge is 0.230 e. The third-order valence-electron chi connectivity index (χ3n) is 1.95. The number of rotatable bonds is 4. The van der Waals surface area contributed by atoms with Crippen LogP contribution in [0.4, 0.5) is 0 Å². The molecule has 1 radical (unpaired) electrons. The van der Waals surface area contributed by atoms with E-state index in [1.807, 2.05) is 6.07 Å². The molecule has 1 aromatic heterocycles. The van der Waals surface area contributed by atoms with Gasteiger partial charge in [0.1, 0.15) is 0 Å². The van der Waals surface area contributed by atoms with Crippen molar-refractivity contribution >= 4 is 11.3 Å². The summed E-state index contributed by atoms with van der Waals surface area (Å²) in [5.41, 5.74) is 2.71. The van der Waals surface area contributed by atoms with Crippen molar-refractivity contribution in [3.8, 4) is 23.1 Å². The summed E-state index contributed by atoms with van der Waals surface area (Å²) in [7, 11) is 3.15. The van der Waals surface area contributed by atoms with Crippen LogP contribution >= 0.6 is 11.3 Å². The molecule has 2 aromatic rings. The molecule has 0 aliphatic carbocycles. The first-order valence-corrected chi connectivity index (χ1v) is 5.43. The normalized spacial score (nSPS) is 9.88. The zero-order valence-corrected chi connectivity index (χ0v) is 9.71. The van der Waals surface area contributed by atoms with E-state index in [0.717, 1.165) is 0 Å². The van der Waals surface area contributed by atoms with Crippen molar-refractivity contribution < 1.29 is 14.2 Å². The molecule has 0 atom stereocenters. The first-order chi connectivity index (χ1) is 7.85. The number of ether oxygens (including phenoxy) is 3. The number of hydrogen-bond acceptors (Lipinski definition) is 5. The van der Waals surface area contributed by atoms with E-state index in [-0.39, 0.29) is 0 Å². The molecule has 2 rings (SSSR count). The number of methoxy groups -OCH3 is 2. The summed E-state index contributed by atoms with van der Waals surface area (Å²) in [5, 5.41) is 1.76. The quantitative estimate of drug-likeness (QED) is 0.818. The Kier molecular flexibility index (Phi) is 3.26. The van der Waals surface area contributed by atoms with Crippen LogP contribution in [0.5, 0.6) is 23.1 Å². The summed E-state index contributed by atoms with van der Waals surface area (Å²) in [6.07, 6.45) is 0. The van der Waals surface area contributed by atoms with E-state index in [1.165, 1.54) is 11.3 Å². The van der Waals surface area contributed by atoms with Gasteiger partial charge in [-0.05, 0) is 12.1 Å². The van der Waals surface area contributed by atoms with Crippen LogP contribution in [0.2, 0.25) is 0 Å². The first kappa shape index (κ1) is 10.8. The topological polar surface area (TPSA) is 40.6 Å². The molecular formula is C11H10NO3S. The molecule has 16 heavy (non-hydrogen) atoms. The Balaban J connectivity index is 2.33. The highest BCUT2D eigenvalue weighted by Gasteiger charge is 2.11. The molecule has 1 heterocycles. The Bertz CT molecular complexity index is 456. The number of hydrogen-bond donors (Lipinski definition) is 0. The highest BCUT2D eigenvalue weighted by molar-refractivity contribution is 7.07. The lowest BCUT2D eigenvalue weighted by Gasteiger charge is -2.11. The summed E-state index contributed by atoms with van der Waals surface area (Å²) in [6.45, 7) is 0. The van der Waals surface area contributed by atoms with Crippen molar-refractivity contribution in [1.82, 2.24) is 4.98 Å². The summed E-state index contributed by atoms with van der Waals surface area (Å²) in [4.78, 5) is 3.92. The minimum absolute atomic E-state index is 0.497. The van der Waals surface area contributed by atoms with Crippen LogP contribution in [0.15, 0.2) is 23.6 Å². The maximum Gasteiger partial charge on any atom is 0.230 e. The summed E-state index contributed by atoms with van der Waals surface area (Å²) in [5.74, 6) is 2.25. The van der Waals surface area contributed by atoms with Gasteiger partial charge in [0.25, 0.3) is 0 Å².